The smallest absolute Gasteiger partial charge is 0.264 e. The number of carbonyl (C=O) groups excluding carboxylic acids is 1. The lowest BCUT2D eigenvalue weighted by Gasteiger charge is -2.08. The van der Waals surface area contributed by atoms with Gasteiger partial charge in [0.1, 0.15) is 0 Å². The second-order valence-electron chi connectivity index (χ2n) is 5.35. The summed E-state index contributed by atoms with van der Waals surface area (Å²) in [5.74, 6) is -0.401. The molecule has 0 aliphatic carbocycles. The third-order valence-electron chi connectivity index (χ3n) is 3.49. The maximum absolute atomic E-state index is 12.3. The monoisotopic (exact) mass is 379 g/mol. The molecule has 0 atom stereocenters. The summed E-state index contributed by atoms with van der Waals surface area (Å²) >= 11 is 0. The molecule has 27 heavy (non-hydrogen) atoms. The molecule has 0 saturated carbocycles. The molecule has 0 spiro atoms. The van der Waals surface area contributed by atoms with E-state index in [4.69, 9.17) is 5.26 Å². The number of hydrogen-bond donors (Lipinski definition) is 2. The average molecular weight is 379 g/mol. The molecule has 2 N–H and O–H groups in total. The van der Waals surface area contributed by atoms with Crippen LogP contribution in [0.2, 0.25) is 0 Å². The van der Waals surface area contributed by atoms with Gasteiger partial charge in [-0.15, -0.1) is 0 Å². The van der Waals surface area contributed by atoms with Gasteiger partial charge in [-0.25, -0.2) is 23.1 Å². The molecule has 9 heteroatoms. The first-order valence-corrected chi connectivity index (χ1v) is 9.18. The Labute approximate surface area is 155 Å². The van der Waals surface area contributed by atoms with Crippen LogP contribution >= 0.6 is 0 Å². The highest BCUT2D eigenvalue weighted by molar-refractivity contribution is 7.92. The van der Waals surface area contributed by atoms with E-state index in [1.807, 2.05) is 6.07 Å². The van der Waals surface area contributed by atoms with Crippen molar-refractivity contribution in [3.05, 3.63) is 78.1 Å². The Morgan fingerprint density at radius 2 is 1.59 bits per heavy atom. The van der Waals surface area contributed by atoms with Crippen LogP contribution in [0.5, 0.6) is 0 Å². The van der Waals surface area contributed by atoms with Gasteiger partial charge in [-0.3, -0.25) is 4.79 Å². The minimum Gasteiger partial charge on any atom is -0.322 e. The number of aromatic nitrogens is 2. The molecule has 0 aliphatic heterocycles. The van der Waals surface area contributed by atoms with Crippen LogP contribution in [0.1, 0.15) is 15.9 Å². The van der Waals surface area contributed by atoms with E-state index in [1.54, 1.807) is 18.2 Å². The van der Waals surface area contributed by atoms with Crippen molar-refractivity contribution in [2.45, 2.75) is 4.90 Å². The lowest BCUT2D eigenvalue weighted by atomic mass is 10.1. The van der Waals surface area contributed by atoms with E-state index in [9.17, 15) is 13.2 Å². The molecule has 0 fully saturated rings. The highest BCUT2D eigenvalue weighted by Crippen LogP contribution is 2.17. The molecule has 0 radical (unpaired) electrons. The van der Waals surface area contributed by atoms with Crippen LogP contribution in [0.25, 0.3) is 0 Å². The lowest BCUT2D eigenvalue weighted by molar-refractivity contribution is 0.102. The van der Waals surface area contributed by atoms with Gasteiger partial charge in [-0.2, -0.15) is 5.26 Å². The second kappa shape index (κ2) is 7.63. The number of benzene rings is 2. The van der Waals surface area contributed by atoms with Crippen molar-refractivity contribution in [3.8, 4) is 6.07 Å². The quantitative estimate of drug-likeness (QED) is 0.701. The first kappa shape index (κ1) is 18.0. The van der Waals surface area contributed by atoms with Crippen LogP contribution in [-0.4, -0.2) is 24.3 Å². The fourth-order valence-electron chi connectivity index (χ4n) is 2.15. The number of carbonyl (C=O) groups is 1. The maximum atomic E-state index is 12.3. The SMILES string of the molecule is N#Cc1ccc(C(=O)Nc2ccc(S(=O)(=O)Nc3ncccn3)cc2)cc1. The Morgan fingerprint density at radius 3 is 2.19 bits per heavy atom. The van der Waals surface area contributed by atoms with E-state index in [2.05, 4.69) is 20.0 Å². The van der Waals surface area contributed by atoms with Crippen molar-refractivity contribution >= 4 is 27.6 Å². The first-order chi connectivity index (χ1) is 13.0. The molecule has 3 aromatic rings. The number of sulfonamides is 1. The third kappa shape index (κ3) is 4.45. The molecule has 0 unspecified atom stereocenters. The minimum atomic E-state index is -3.84. The molecule has 1 heterocycles. The Balaban J connectivity index is 1.71. The van der Waals surface area contributed by atoms with Crippen molar-refractivity contribution < 1.29 is 13.2 Å². The molecule has 8 nitrogen and oxygen atoms in total. The Kier molecular flexibility index (Phi) is 5.10. The van der Waals surface area contributed by atoms with E-state index in [1.165, 1.54) is 48.8 Å². The summed E-state index contributed by atoms with van der Waals surface area (Å²) in [6, 6.07) is 15.4. The van der Waals surface area contributed by atoms with Crippen molar-refractivity contribution in [3.63, 3.8) is 0 Å². The standard InChI is InChI=1S/C18H13N5O3S/c19-12-13-2-4-14(5-3-13)17(24)22-15-6-8-16(9-7-15)27(25,26)23-18-20-10-1-11-21-18/h1-11H,(H,22,24)(H,20,21,23). The van der Waals surface area contributed by atoms with Crippen molar-refractivity contribution in [2.75, 3.05) is 10.0 Å². The minimum absolute atomic E-state index is 0.00586. The molecule has 1 aromatic heterocycles. The zero-order chi connectivity index (χ0) is 19.3. The van der Waals surface area contributed by atoms with Gasteiger partial charge in [0.15, 0.2) is 0 Å². The molecule has 2 aromatic carbocycles. The van der Waals surface area contributed by atoms with Gasteiger partial charge in [-0.1, -0.05) is 0 Å². The largest absolute Gasteiger partial charge is 0.322 e. The van der Waals surface area contributed by atoms with Crippen LogP contribution < -0.4 is 10.0 Å². The topological polar surface area (TPSA) is 125 Å². The van der Waals surface area contributed by atoms with Gasteiger partial charge >= 0.3 is 0 Å². The fourth-order valence-corrected chi connectivity index (χ4v) is 3.11. The Morgan fingerprint density at radius 1 is 0.963 bits per heavy atom. The van der Waals surface area contributed by atoms with Gasteiger partial charge in [0, 0.05) is 23.6 Å². The summed E-state index contributed by atoms with van der Waals surface area (Å²) in [6.07, 6.45) is 2.85. The highest BCUT2D eigenvalue weighted by Gasteiger charge is 2.15. The molecule has 1 amide bonds. The zero-order valence-corrected chi connectivity index (χ0v) is 14.6. The van der Waals surface area contributed by atoms with Crippen LogP contribution in [0, 0.1) is 11.3 Å². The number of hydrogen-bond acceptors (Lipinski definition) is 6. The van der Waals surface area contributed by atoms with Crippen molar-refractivity contribution in [2.24, 2.45) is 0 Å². The van der Waals surface area contributed by atoms with E-state index in [0.717, 1.165) is 0 Å². The summed E-state index contributed by atoms with van der Waals surface area (Å²) in [5.41, 5.74) is 1.27. The molecule has 0 saturated heterocycles. The number of amides is 1. The molecule has 3 rings (SSSR count). The first-order valence-electron chi connectivity index (χ1n) is 7.69. The van der Waals surface area contributed by atoms with Gasteiger partial charge in [-0.05, 0) is 54.6 Å². The number of nitriles is 1. The third-order valence-corrected chi connectivity index (χ3v) is 4.83. The van der Waals surface area contributed by atoms with Gasteiger partial charge in [0.2, 0.25) is 5.95 Å². The van der Waals surface area contributed by atoms with Crippen LogP contribution in [0.4, 0.5) is 11.6 Å². The number of nitrogens with zero attached hydrogens (tertiary/aromatic N) is 3. The summed E-state index contributed by atoms with van der Waals surface area (Å²) < 4.78 is 26.9. The lowest BCUT2D eigenvalue weighted by Crippen LogP contribution is -2.15. The molecule has 0 bridgehead atoms. The van der Waals surface area contributed by atoms with Gasteiger partial charge < -0.3 is 5.32 Å². The molecular weight excluding hydrogens is 366 g/mol. The predicted molar refractivity (Wildman–Crippen MR) is 98.4 cm³/mol. The van der Waals surface area contributed by atoms with Crippen LogP contribution in [0.15, 0.2) is 71.9 Å². The molecular formula is C18H13N5O3S. The summed E-state index contributed by atoms with van der Waals surface area (Å²) in [6.45, 7) is 0. The van der Waals surface area contributed by atoms with Crippen molar-refractivity contribution in [1.29, 1.82) is 5.26 Å². The van der Waals surface area contributed by atoms with Gasteiger partial charge in [0.05, 0.1) is 16.5 Å². The Hall–Kier alpha value is -3.77. The molecule has 0 aliphatic rings. The highest BCUT2D eigenvalue weighted by atomic mass is 32.2. The van der Waals surface area contributed by atoms with Gasteiger partial charge in [0.25, 0.3) is 15.9 Å². The number of rotatable bonds is 5. The number of anilines is 2. The molecule has 134 valence electrons. The summed E-state index contributed by atoms with van der Waals surface area (Å²) in [7, 11) is -3.84. The van der Waals surface area contributed by atoms with E-state index >= 15 is 0 Å². The summed E-state index contributed by atoms with van der Waals surface area (Å²) in [4.78, 5) is 19.8. The van der Waals surface area contributed by atoms with E-state index < -0.39 is 10.0 Å². The fraction of sp³-hybridized carbons (Fsp3) is 0. The van der Waals surface area contributed by atoms with E-state index in [0.29, 0.717) is 16.8 Å². The van der Waals surface area contributed by atoms with Crippen LogP contribution in [-0.2, 0) is 10.0 Å². The van der Waals surface area contributed by atoms with Crippen LogP contribution in [0.3, 0.4) is 0 Å². The number of nitrogens with one attached hydrogen (secondary N) is 2. The maximum Gasteiger partial charge on any atom is 0.264 e. The Bertz CT molecular complexity index is 1090. The van der Waals surface area contributed by atoms with E-state index in [-0.39, 0.29) is 16.8 Å². The predicted octanol–water partition coefficient (Wildman–Crippen LogP) is 2.40. The summed E-state index contributed by atoms with van der Waals surface area (Å²) in [5, 5.41) is 11.4. The normalized spacial score (nSPS) is 10.6. The average Bonchev–Trinajstić information content (AvgIpc) is 2.69. The van der Waals surface area contributed by atoms with Crippen molar-refractivity contribution in [1.82, 2.24) is 9.97 Å². The second-order valence-corrected chi connectivity index (χ2v) is 7.03. The zero-order valence-electron chi connectivity index (χ0n) is 13.8.